The van der Waals surface area contributed by atoms with E-state index in [-0.39, 0.29) is 116 Å². The Balaban J connectivity index is 0.548. The van der Waals surface area contributed by atoms with E-state index < -0.39 is 103 Å². The second kappa shape index (κ2) is 43.5. The number of ether oxygens (including phenoxy) is 11. The number of cyclic esters (lactones) is 1. The van der Waals surface area contributed by atoms with Crippen LogP contribution in [0.3, 0.4) is 0 Å². The number of hydrogen-bond acceptors (Lipinski definition) is 25. The summed E-state index contributed by atoms with van der Waals surface area (Å²) in [5.41, 5.74) is 1.31. The Labute approximate surface area is 634 Å². The molecule has 5 aliphatic rings. The van der Waals surface area contributed by atoms with E-state index in [2.05, 4.69) is 37.2 Å². The lowest BCUT2D eigenvalue weighted by atomic mass is 9.81. The minimum Gasteiger partial charge on any atom is -0.458 e. The number of rotatable bonds is 49. The van der Waals surface area contributed by atoms with Gasteiger partial charge in [-0.3, -0.25) is 52.8 Å². The van der Waals surface area contributed by atoms with Crippen LogP contribution in [0, 0.1) is 24.6 Å². The van der Waals surface area contributed by atoms with Gasteiger partial charge in [-0.25, -0.2) is 14.2 Å². The molecule has 4 atom stereocenters. The van der Waals surface area contributed by atoms with Crippen molar-refractivity contribution in [2.75, 3.05) is 158 Å². The smallest absolute Gasteiger partial charge is 0.343 e. The Kier molecular flexibility index (Phi) is 33.6. The standard InChI is InChI=1S/C75H99FN10O24/c1-3-75(99)54-37-59-68-52(43-85(59)72(96)53(54)44-109-74(75)98)67-56(16-14-51-47(2)55(76)38-58(83-68)66(51)67)84-71(95)73(97)110-46-81-61(88)40-80-70(94)57(15-11-48-7-5-4-6-8-48)82-62(89)41-78-60(87)39-79-63(90)45-108-36-35-107-34-33-106-32-31-105-30-29-104-28-27-103-26-25-102-24-23-101-22-21-100-20-19-77-69(93)50-12-9-49(10-13-50)42-86-64(91)17-18-65(86)92/h4-8,17-18,37-38,49-50,56-57,73,97,99H,3,9-16,19-36,39-46H2,1-2H3,(H,77,93)(H,78,87)(H,79,90)(H,80,94)(H,81,88)(H,82,89)(H,84,95)/t49-,50-,56-,57-,73-,75-/m0/s1. The maximum atomic E-state index is 15.5. The number of halogens is 1. The Morgan fingerprint density at radius 3 is 1.83 bits per heavy atom. The number of fused-ring (bicyclic) bond motifs is 5. The number of nitrogens with one attached hydrogen (secondary N) is 7. The number of aryl methyl sites for hydroxylation is 2. The van der Waals surface area contributed by atoms with E-state index in [4.69, 9.17) is 57.1 Å². The van der Waals surface area contributed by atoms with E-state index in [1.165, 1.54) is 33.8 Å². The van der Waals surface area contributed by atoms with Crippen molar-refractivity contribution in [1.82, 2.24) is 51.7 Å². The molecule has 0 spiro atoms. The molecule has 5 heterocycles. The van der Waals surface area contributed by atoms with Gasteiger partial charge >= 0.3 is 5.97 Å². The second-order valence-corrected chi connectivity index (χ2v) is 26.7. The number of pyridine rings is 2. The predicted octanol–water partition coefficient (Wildman–Crippen LogP) is -0.497. The average molecular weight is 1540 g/mol. The summed E-state index contributed by atoms with van der Waals surface area (Å²) < 4.78 is 76.8. The molecule has 9 amide bonds. The molecule has 2 aromatic heterocycles. The van der Waals surface area contributed by atoms with Crippen molar-refractivity contribution in [2.45, 2.75) is 109 Å². The fourth-order valence-electron chi connectivity index (χ4n) is 13.3. The highest BCUT2D eigenvalue weighted by Crippen LogP contribution is 2.46. The molecule has 2 aliphatic carbocycles. The van der Waals surface area contributed by atoms with Crippen molar-refractivity contribution < 1.29 is 115 Å². The van der Waals surface area contributed by atoms with Crippen LogP contribution in [0.15, 0.2) is 59.4 Å². The average Bonchev–Trinajstić information content (AvgIpc) is 1.52. The molecule has 9 rings (SSSR count). The van der Waals surface area contributed by atoms with Gasteiger partial charge in [0.05, 0.1) is 167 Å². The molecule has 1 saturated carbocycles. The minimum atomic E-state index is -2.12. The van der Waals surface area contributed by atoms with Gasteiger partial charge in [0.1, 0.15) is 31.8 Å². The summed E-state index contributed by atoms with van der Waals surface area (Å²) in [7, 11) is 0. The molecule has 1 fully saturated rings. The summed E-state index contributed by atoms with van der Waals surface area (Å²) in [5.74, 6) is -6.39. The van der Waals surface area contributed by atoms with Gasteiger partial charge < -0.3 is 104 Å². The Morgan fingerprint density at radius 1 is 0.655 bits per heavy atom. The molecule has 35 heteroatoms. The van der Waals surface area contributed by atoms with Crippen LogP contribution in [0.2, 0.25) is 0 Å². The van der Waals surface area contributed by atoms with Crippen LogP contribution in [0.4, 0.5) is 4.39 Å². The fourth-order valence-corrected chi connectivity index (χ4v) is 13.3. The Bertz CT molecular complexity index is 3930. The van der Waals surface area contributed by atoms with Crippen molar-refractivity contribution >= 4 is 70.0 Å². The third-order valence-electron chi connectivity index (χ3n) is 19.3. The largest absolute Gasteiger partial charge is 0.458 e. The first-order chi connectivity index (χ1) is 53.2. The highest BCUT2D eigenvalue weighted by atomic mass is 19.1. The number of carbonyl (C=O) groups is 10. The number of benzene rings is 2. The predicted molar refractivity (Wildman–Crippen MR) is 386 cm³/mol. The van der Waals surface area contributed by atoms with Gasteiger partial charge in [-0.05, 0) is 98.9 Å². The maximum absolute atomic E-state index is 15.5. The van der Waals surface area contributed by atoms with Crippen LogP contribution < -0.4 is 42.8 Å². The summed E-state index contributed by atoms with van der Waals surface area (Å²) in [4.78, 5) is 147. The second-order valence-electron chi connectivity index (χ2n) is 26.7. The third-order valence-corrected chi connectivity index (χ3v) is 19.3. The first-order valence-electron chi connectivity index (χ1n) is 37.1. The molecule has 0 radical (unpaired) electrons. The molecular formula is C75H99FN10O24. The molecule has 2 aromatic carbocycles. The number of esters is 1. The van der Waals surface area contributed by atoms with E-state index in [9.17, 15) is 63.0 Å². The number of imide groups is 1. The number of carbonyl (C=O) groups excluding carboxylic acids is 10. The van der Waals surface area contributed by atoms with Crippen LogP contribution in [0.25, 0.3) is 22.3 Å². The molecule has 0 unspecified atom stereocenters. The summed E-state index contributed by atoms with van der Waals surface area (Å²) in [6.07, 6.45) is 4.40. The molecule has 4 aromatic rings. The summed E-state index contributed by atoms with van der Waals surface area (Å²) in [5, 5.41) is 40.7. The number of hydrogen-bond donors (Lipinski definition) is 9. The fraction of sp³-hybridized carbons (Fsp3) is 0.573. The van der Waals surface area contributed by atoms with Crippen molar-refractivity contribution in [3.05, 3.63) is 110 Å². The Hall–Kier alpha value is -9.11. The lowest BCUT2D eigenvalue weighted by Gasteiger charge is -2.31. The quantitative estimate of drug-likeness (QED) is 0.0103. The third kappa shape index (κ3) is 24.4. The topological polar surface area (TPSA) is 435 Å². The van der Waals surface area contributed by atoms with Gasteiger partial charge in [-0.2, -0.15) is 0 Å². The van der Waals surface area contributed by atoms with Crippen LogP contribution in [-0.2, 0) is 132 Å². The van der Waals surface area contributed by atoms with Gasteiger partial charge in [0.25, 0.3) is 23.3 Å². The van der Waals surface area contributed by atoms with Crippen molar-refractivity contribution in [3.63, 3.8) is 0 Å². The molecular weight excluding hydrogens is 1440 g/mol. The number of nitrogens with zero attached hydrogens (tertiary/aromatic N) is 3. The van der Waals surface area contributed by atoms with E-state index >= 15 is 4.39 Å². The highest BCUT2D eigenvalue weighted by Gasteiger charge is 2.46. The number of aliphatic hydroxyl groups excluding tert-OH is 1. The highest BCUT2D eigenvalue weighted by molar-refractivity contribution is 6.13. The SMILES string of the molecule is CC[C@@]1(O)C(=O)OCc2c1cc1n(c2=O)Cc2c-1nc1cc(F)c(C)c3c1c2[C@@H](NC(=O)[C@@H](O)OCNC(=O)CNC(=O)[C@H](CCc1ccccc1)NC(=O)CNC(=O)CNC(=O)COCCOCCOCCOCCOCCOCCOCCOCCOCCNC(=O)[C@H]1CC[C@H](CN2C(=O)C=CC2=O)CC1)CC3. The van der Waals surface area contributed by atoms with E-state index in [0.717, 1.165) is 31.2 Å². The zero-order valence-corrected chi connectivity index (χ0v) is 61.9. The molecule has 3 aliphatic heterocycles. The van der Waals surface area contributed by atoms with Crippen molar-refractivity contribution in [2.24, 2.45) is 11.8 Å². The van der Waals surface area contributed by atoms with Crippen molar-refractivity contribution in [1.29, 1.82) is 0 Å². The van der Waals surface area contributed by atoms with Gasteiger partial charge in [-0.1, -0.05) is 37.3 Å². The van der Waals surface area contributed by atoms with Gasteiger partial charge in [0.2, 0.25) is 41.7 Å². The number of aliphatic hydroxyl groups is 2. The first kappa shape index (κ1) is 84.9. The van der Waals surface area contributed by atoms with E-state index in [1.54, 1.807) is 26.0 Å². The molecule has 34 nitrogen and oxygen atoms in total. The molecule has 0 saturated heterocycles. The Morgan fingerprint density at radius 2 is 1.22 bits per heavy atom. The summed E-state index contributed by atoms with van der Waals surface area (Å²) >= 11 is 0. The normalized spacial score (nSPS) is 18.1. The summed E-state index contributed by atoms with van der Waals surface area (Å²) in [6, 6.07) is 9.87. The van der Waals surface area contributed by atoms with Gasteiger partial charge in [0.15, 0.2) is 5.60 Å². The van der Waals surface area contributed by atoms with E-state index in [1.807, 2.05) is 18.2 Å². The zero-order chi connectivity index (χ0) is 78.4. The number of aromatic nitrogens is 2. The first-order valence-corrected chi connectivity index (χ1v) is 37.1. The molecule has 110 heavy (non-hydrogen) atoms. The van der Waals surface area contributed by atoms with Gasteiger partial charge in [0, 0.05) is 53.7 Å². The lowest BCUT2D eigenvalue weighted by Crippen LogP contribution is -2.51. The van der Waals surface area contributed by atoms with Crippen LogP contribution in [0.1, 0.15) is 96.9 Å². The maximum Gasteiger partial charge on any atom is 0.343 e. The summed E-state index contributed by atoms with van der Waals surface area (Å²) in [6.45, 7) is 6.82. The van der Waals surface area contributed by atoms with Gasteiger partial charge in [-0.15, -0.1) is 0 Å². The molecule has 0 bridgehead atoms. The zero-order valence-electron chi connectivity index (χ0n) is 61.9. The lowest BCUT2D eigenvalue weighted by molar-refractivity contribution is -0.172. The minimum absolute atomic E-state index is 0.00391. The molecule has 600 valence electrons. The van der Waals surface area contributed by atoms with Crippen molar-refractivity contribution in [3.8, 4) is 11.4 Å². The molecule has 9 N–H and O–H groups in total. The number of amides is 9. The van der Waals surface area contributed by atoms with Crippen LogP contribution in [0.5, 0.6) is 0 Å². The monoisotopic (exact) mass is 1540 g/mol. The van der Waals surface area contributed by atoms with Crippen LogP contribution >= 0.6 is 0 Å². The van der Waals surface area contributed by atoms with Crippen LogP contribution in [-0.4, -0.2) is 255 Å². The van der Waals surface area contributed by atoms with E-state index in [0.29, 0.717) is 146 Å².